The summed E-state index contributed by atoms with van der Waals surface area (Å²) in [4.78, 5) is 10.7. The number of hydrogen-bond acceptors (Lipinski definition) is 4. The van der Waals surface area contributed by atoms with Crippen molar-refractivity contribution in [2.24, 2.45) is 0 Å². The van der Waals surface area contributed by atoms with Crippen LogP contribution in [0.3, 0.4) is 0 Å². The number of methoxy groups -OCH3 is 2. The lowest BCUT2D eigenvalue weighted by Crippen LogP contribution is -2.14. The second-order valence-corrected chi connectivity index (χ2v) is 3.06. The smallest absolute Gasteiger partial charge is 0.337 e. The van der Waals surface area contributed by atoms with Gasteiger partial charge < -0.3 is 19.7 Å². The molecule has 1 rings (SSSR count). The predicted octanol–water partition coefficient (Wildman–Crippen LogP) is 1.10. The van der Waals surface area contributed by atoms with E-state index in [1.165, 1.54) is 0 Å². The molecule has 0 radical (unpaired) electrons. The van der Waals surface area contributed by atoms with E-state index < -0.39 is 40.8 Å². The van der Waals surface area contributed by atoms with E-state index in [0.717, 1.165) is 14.2 Å². The number of halogens is 2. The Morgan fingerprint density at radius 1 is 1.24 bits per heavy atom. The molecular weight excluding hydrogens is 238 g/mol. The molecule has 1 aromatic carbocycles. The van der Waals surface area contributed by atoms with Crippen molar-refractivity contribution in [3.05, 3.63) is 23.3 Å². The van der Waals surface area contributed by atoms with E-state index >= 15 is 0 Å². The van der Waals surface area contributed by atoms with Crippen LogP contribution in [0.5, 0.6) is 11.5 Å². The average molecular weight is 248 g/mol. The number of aliphatic carboxylic acids is 1. The minimum Gasteiger partial charge on any atom is -0.493 e. The van der Waals surface area contributed by atoms with Gasteiger partial charge in [0.15, 0.2) is 29.2 Å². The van der Waals surface area contributed by atoms with Crippen LogP contribution in [0.1, 0.15) is 11.7 Å². The lowest BCUT2D eigenvalue weighted by Gasteiger charge is -2.16. The second kappa shape index (κ2) is 4.96. The maximum absolute atomic E-state index is 13.3. The maximum atomic E-state index is 13.3. The Kier molecular flexibility index (Phi) is 3.84. The maximum Gasteiger partial charge on any atom is 0.337 e. The van der Waals surface area contributed by atoms with Gasteiger partial charge in [0, 0.05) is 6.07 Å². The Balaban J connectivity index is 3.56. The number of ether oxygens (including phenoxy) is 2. The standard InChI is InChI=1S/C10H10F2O5/c1-16-8-4(11)3-5(12)9(17-2)6(8)7(13)10(14)15/h3,7,13H,1-2H3,(H,14,15). The van der Waals surface area contributed by atoms with Gasteiger partial charge in [-0.05, 0) is 0 Å². The van der Waals surface area contributed by atoms with Crippen molar-refractivity contribution in [2.45, 2.75) is 6.10 Å². The summed E-state index contributed by atoms with van der Waals surface area (Å²) < 4.78 is 35.9. The van der Waals surface area contributed by atoms with Crippen molar-refractivity contribution in [1.82, 2.24) is 0 Å². The number of carbonyl (C=O) groups is 1. The summed E-state index contributed by atoms with van der Waals surface area (Å²) in [5.74, 6) is -5.06. The first-order valence-corrected chi connectivity index (χ1v) is 4.44. The van der Waals surface area contributed by atoms with Crippen molar-refractivity contribution in [3.8, 4) is 11.5 Å². The van der Waals surface area contributed by atoms with Gasteiger partial charge in [-0.15, -0.1) is 0 Å². The van der Waals surface area contributed by atoms with Gasteiger partial charge >= 0.3 is 5.97 Å². The lowest BCUT2D eigenvalue weighted by molar-refractivity contribution is -0.147. The zero-order valence-corrected chi connectivity index (χ0v) is 9.03. The number of rotatable bonds is 4. The molecule has 1 unspecified atom stereocenters. The molecule has 7 heteroatoms. The molecule has 0 aliphatic heterocycles. The minimum absolute atomic E-state index is 0.482. The number of hydrogen-bond donors (Lipinski definition) is 2. The van der Waals surface area contributed by atoms with Gasteiger partial charge in [0.05, 0.1) is 19.8 Å². The molecule has 94 valence electrons. The SMILES string of the molecule is COc1c(F)cc(F)c(OC)c1C(O)C(=O)O. The zero-order valence-electron chi connectivity index (χ0n) is 9.03. The molecule has 1 aromatic rings. The quantitative estimate of drug-likeness (QED) is 0.834. The molecule has 1 atom stereocenters. The van der Waals surface area contributed by atoms with Crippen LogP contribution in [-0.2, 0) is 4.79 Å². The van der Waals surface area contributed by atoms with Crippen LogP contribution in [-0.4, -0.2) is 30.4 Å². The summed E-state index contributed by atoms with van der Waals surface area (Å²) in [7, 11) is 2.13. The van der Waals surface area contributed by atoms with E-state index in [1.807, 2.05) is 0 Å². The molecule has 0 fully saturated rings. The van der Waals surface area contributed by atoms with E-state index in [9.17, 15) is 18.7 Å². The Morgan fingerprint density at radius 3 is 1.94 bits per heavy atom. The van der Waals surface area contributed by atoms with Crippen LogP contribution in [0, 0.1) is 11.6 Å². The molecule has 2 N–H and O–H groups in total. The topological polar surface area (TPSA) is 76.0 Å². The van der Waals surface area contributed by atoms with E-state index in [1.54, 1.807) is 0 Å². The fraction of sp³-hybridized carbons (Fsp3) is 0.300. The predicted molar refractivity (Wildman–Crippen MR) is 52.1 cm³/mol. The monoisotopic (exact) mass is 248 g/mol. The van der Waals surface area contributed by atoms with Crippen molar-refractivity contribution >= 4 is 5.97 Å². The molecule has 0 heterocycles. The third-order valence-electron chi connectivity index (χ3n) is 2.09. The molecule has 5 nitrogen and oxygen atoms in total. The lowest BCUT2D eigenvalue weighted by atomic mass is 10.1. The van der Waals surface area contributed by atoms with E-state index in [2.05, 4.69) is 9.47 Å². The highest BCUT2D eigenvalue weighted by Crippen LogP contribution is 2.38. The molecule has 0 aliphatic rings. The van der Waals surface area contributed by atoms with Crippen LogP contribution in [0.15, 0.2) is 6.07 Å². The Bertz CT molecular complexity index is 419. The minimum atomic E-state index is -2.15. The van der Waals surface area contributed by atoms with E-state index in [-0.39, 0.29) is 0 Å². The van der Waals surface area contributed by atoms with Crippen molar-refractivity contribution in [2.75, 3.05) is 14.2 Å². The molecule has 0 spiro atoms. The molecular formula is C10H10F2O5. The summed E-state index contributed by atoms with van der Waals surface area (Å²) in [5, 5.41) is 18.0. The van der Waals surface area contributed by atoms with Gasteiger partial charge in [0.1, 0.15) is 0 Å². The molecule has 0 saturated carbocycles. The van der Waals surface area contributed by atoms with Crippen molar-refractivity contribution < 1.29 is 33.3 Å². The summed E-state index contributed by atoms with van der Waals surface area (Å²) in [6.45, 7) is 0. The zero-order chi connectivity index (χ0) is 13.2. The summed E-state index contributed by atoms with van der Waals surface area (Å²) in [6.07, 6.45) is -2.15. The van der Waals surface area contributed by atoms with Gasteiger partial charge in [-0.3, -0.25) is 0 Å². The number of carboxylic acids is 1. The van der Waals surface area contributed by atoms with Gasteiger partial charge in [-0.2, -0.15) is 0 Å². The number of aliphatic hydroxyl groups is 1. The fourth-order valence-corrected chi connectivity index (χ4v) is 1.39. The van der Waals surface area contributed by atoms with Crippen molar-refractivity contribution in [3.63, 3.8) is 0 Å². The van der Waals surface area contributed by atoms with E-state index in [4.69, 9.17) is 5.11 Å². The average Bonchev–Trinajstić information content (AvgIpc) is 2.27. The number of carboxylic acid groups (broad SMARTS) is 1. The second-order valence-electron chi connectivity index (χ2n) is 3.06. The molecule has 0 aliphatic carbocycles. The summed E-state index contributed by atoms with van der Waals surface area (Å²) >= 11 is 0. The normalized spacial score (nSPS) is 12.1. The summed E-state index contributed by atoms with van der Waals surface area (Å²) in [6, 6.07) is 0.482. The Morgan fingerprint density at radius 2 is 1.65 bits per heavy atom. The largest absolute Gasteiger partial charge is 0.493 e. The summed E-state index contributed by atoms with van der Waals surface area (Å²) in [5.41, 5.74) is -0.597. The third kappa shape index (κ3) is 2.28. The van der Waals surface area contributed by atoms with Gasteiger partial charge in [-0.1, -0.05) is 0 Å². The molecule has 0 amide bonds. The highest BCUT2D eigenvalue weighted by atomic mass is 19.1. The van der Waals surface area contributed by atoms with Gasteiger partial charge in [-0.25, -0.2) is 13.6 Å². The highest BCUT2D eigenvalue weighted by Gasteiger charge is 2.30. The van der Waals surface area contributed by atoms with Gasteiger partial charge in [0.2, 0.25) is 0 Å². The van der Waals surface area contributed by atoms with Crippen LogP contribution in [0.25, 0.3) is 0 Å². The van der Waals surface area contributed by atoms with Crippen LogP contribution < -0.4 is 9.47 Å². The van der Waals surface area contributed by atoms with Crippen LogP contribution in [0.4, 0.5) is 8.78 Å². The Labute approximate surface area is 95.2 Å². The third-order valence-corrected chi connectivity index (χ3v) is 2.09. The number of aliphatic hydroxyl groups excluding tert-OH is 1. The fourth-order valence-electron chi connectivity index (χ4n) is 1.39. The van der Waals surface area contributed by atoms with Gasteiger partial charge in [0.25, 0.3) is 0 Å². The molecule has 17 heavy (non-hydrogen) atoms. The molecule has 0 bridgehead atoms. The first-order chi connectivity index (χ1) is 7.93. The van der Waals surface area contributed by atoms with Crippen molar-refractivity contribution in [1.29, 1.82) is 0 Å². The van der Waals surface area contributed by atoms with E-state index in [0.29, 0.717) is 6.07 Å². The first-order valence-electron chi connectivity index (χ1n) is 4.44. The molecule has 0 aromatic heterocycles. The molecule has 0 saturated heterocycles. The van der Waals surface area contributed by atoms with Crippen LogP contribution in [0.2, 0.25) is 0 Å². The van der Waals surface area contributed by atoms with Crippen LogP contribution >= 0.6 is 0 Å². The number of benzene rings is 1. The Hall–Kier alpha value is -1.89. The first kappa shape index (κ1) is 13.2. The highest BCUT2D eigenvalue weighted by molar-refractivity contribution is 5.76.